The van der Waals surface area contributed by atoms with Crippen LogP contribution in [-0.2, 0) is 6.54 Å². The SMILES string of the molecule is COc1ncc(-c2cnc3[nH]cc(C(=O)c4c(F)ccc(NCc5cc(F)ccc5F)c4F)c3c2)c(OC)n1. The number of benzene rings is 2. The number of anilines is 1. The highest BCUT2D eigenvalue weighted by Gasteiger charge is 2.25. The molecule has 0 aliphatic rings. The summed E-state index contributed by atoms with van der Waals surface area (Å²) < 4.78 is 68.0. The molecule has 2 N–H and O–H groups in total. The molecule has 3 aromatic heterocycles. The monoisotopic (exact) mass is 537 g/mol. The van der Waals surface area contributed by atoms with Gasteiger partial charge in [0.25, 0.3) is 0 Å². The van der Waals surface area contributed by atoms with Crippen molar-refractivity contribution in [1.82, 2.24) is 19.9 Å². The first-order valence-electron chi connectivity index (χ1n) is 11.4. The van der Waals surface area contributed by atoms with Crippen molar-refractivity contribution in [2.75, 3.05) is 19.5 Å². The minimum Gasteiger partial charge on any atom is -0.480 e. The number of fused-ring (bicyclic) bond motifs is 1. The Kier molecular flexibility index (Phi) is 6.84. The van der Waals surface area contributed by atoms with Crippen LogP contribution in [0.3, 0.4) is 0 Å². The average Bonchev–Trinajstić information content (AvgIpc) is 3.37. The number of H-pyrrole nitrogens is 1. The fourth-order valence-electron chi connectivity index (χ4n) is 4.04. The maximum Gasteiger partial charge on any atom is 0.319 e. The van der Waals surface area contributed by atoms with Crippen LogP contribution in [-0.4, -0.2) is 39.9 Å². The van der Waals surface area contributed by atoms with E-state index in [0.29, 0.717) is 16.8 Å². The Morgan fingerprint density at radius 1 is 0.974 bits per heavy atom. The molecule has 2 aromatic carbocycles. The molecular weight excluding hydrogens is 518 g/mol. The number of hydrogen-bond donors (Lipinski definition) is 2. The van der Waals surface area contributed by atoms with Crippen molar-refractivity contribution >= 4 is 22.5 Å². The first-order valence-corrected chi connectivity index (χ1v) is 11.4. The predicted molar refractivity (Wildman–Crippen MR) is 134 cm³/mol. The number of aromatic amines is 1. The molecule has 12 heteroatoms. The van der Waals surface area contributed by atoms with Crippen LogP contribution < -0.4 is 14.8 Å². The quantitative estimate of drug-likeness (QED) is 0.201. The lowest BCUT2D eigenvalue weighted by Gasteiger charge is -2.12. The first kappa shape index (κ1) is 25.6. The summed E-state index contributed by atoms with van der Waals surface area (Å²) in [5, 5.41) is 2.88. The van der Waals surface area contributed by atoms with Gasteiger partial charge in [-0.1, -0.05) is 0 Å². The summed E-state index contributed by atoms with van der Waals surface area (Å²) in [6.07, 6.45) is 4.25. The van der Waals surface area contributed by atoms with Crippen LogP contribution in [0.1, 0.15) is 21.5 Å². The van der Waals surface area contributed by atoms with E-state index in [1.165, 1.54) is 32.8 Å². The number of ether oxygens (including phenoxy) is 2. The Hall–Kier alpha value is -5.00. The van der Waals surface area contributed by atoms with Crippen LogP contribution in [0.2, 0.25) is 0 Å². The predicted octanol–water partition coefficient (Wildman–Crippen LogP) is 5.44. The third kappa shape index (κ3) is 4.83. The summed E-state index contributed by atoms with van der Waals surface area (Å²) in [5.41, 5.74) is 0.0222. The minimum absolute atomic E-state index is 0.0427. The van der Waals surface area contributed by atoms with Gasteiger partial charge >= 0.3 is 6.01 Å². The third-order valence-corrected chi connectivity index (χ3v) is 5.99. The zero-order valence-corrected chi connectivity index (χ0v) is 20.5. The van der Waals surface area contributed by atoms with Crippen molar-refractivity contribution in [2.24, 2.45) is 0 Å². The van der Waals surface area contributed by atoms with E-state index in [2.05, 4.69) is 25.3 Å². The van der Waals surface area contributed by atoms with Crippen LogP contribution in [0.15, 0.2) is 55.0 Å². The maximum absolute atomic E-state index is 15.4. The number of halogens is 4. The summed E-state index contributed by atoms with van der Waals surface area (Å²) in [6.45, 7) is -0.300. The first-order chi connectivity index (χ1) is 18.8. The van der Waals surface area contributed by atoms with Gasteiger partial charge in [0, 0.05) is 47.2 Å². The molecule has 0 saturated carbocycles. The summed E-state index contributed by atoms with van der Waals surface area (Å²) in [5.74, 6) is -4.41. The van der Waals surface area contributed by atoms with Crippen LogP contribution in [0.4, 0.5) is 23.2 Å². The number of methoxy groups -OCH3 is 2. The second-order valence-corrected chi connectivity index (χ2v) is 8.30. The van der Waals surface area contributed by atoms with Gasteiger partial charge in [0.2, 0.25) is 11.7 Å². The number of rotatable bonds is 8. The van der Waals surface area contributed by atoms with Gasteiger partial charge in [-0.3, -0.25) is 4.79 Å². The molecule has 39 heavy (non-hydrogen) atoms. The number of nitrogens with one attached hydrogen (secondary N) is 2. The fourth-order valence-corrected chi connectivity index (χ4v) is 4.04. The van der Waals surface area contributed by atoms with E-state index in [4.69, 9.17) is 9.47 Å². The molecule has 3 heterocycles. The largest absolute Gasteiger partial charge is 0.480 e. The Balaban J connectivity index is 1.51. The van der Waals surface area contributed by atoms with Gasteiger partial charge in [-0.2, -0.15) is 4.98 Å². The highest BCUT2D eigenvalue weighted by molar-refractivity contribution is 6.16. The number of hydrogen-bond acceptors (Lipinski definition) is 7. The van der Waals surface area contributed by atoms with Gasteiger partial charge in [0.05, 0.1) is 31.0 Å². The van der Waals surface area contributed by atoms with E-state index < -0.39 is 34.6 Å². The van der Waals surface area contributed by atoms with Gasteiger partial charge in [0.15, 0.2) is 5.82 Å². The third-order valence-electron chi connectivity index (χ3n) is 5.99. The summed E-state index contributed by atoms with van der Waals surface area (Å²) in [7, 11) is 2.82. The highest BCUT2D eigenvalue weighted by Crippen LogP contribution is 2.32. The van der Waals surface area contributed by atoms with Gasteiger partial charge < -0.3 is 19.8 Å². The van der Waals surface area contributed by atoms with Crippen molar-refractivity contribution in [3.8, 4) is 23.0 Å². The zero-order valence-electron chi connectivity index (χ0n) is 20.5. The molecule has 0 spiro atoms. The summed E-state index contributed by atoms with van der Waals surface area (Å²) >= 11 is 0. The van der Waals surface area contributed by atoms with E-state index in [1.807, 2.05) is 0 Å². The zero-order chi connectivity index (χ0) is 27.7. The van der Waals surface area contributed by atoms with Crippen molar-refractivity contribution in [3.63, 3.8) is 0 Å². The summed E-state index contributed by atoms with van der Waals surface area (Å²) in [4.78, 5) is 28.7. The number of pyridine rings is 1. The number of carbonyl (C=O) groups is 1. The van der Waals surface area contributed by atoms with Crippen molar-refractivity contribution in [3.05, 3.63) is 94.9 Å². The van der Waals surface area contributed by atoms with Crippen molar-refractivity contribution in [2.45, 2.75) is 6.54 Å². The van der Waals surface area contributed by atoms with Crippen molar-refractivity contribution in [1.29, 1.82) is 0 Å². The standard InChI is InChI=1S/C27H19F4N5O3/c1-38-26-17(11-35-27(36-26)39-2)13-8-16-18(12-34-25(16)33-9-13)24(37)22-20(30)5-6-21(23(22)31)32-10-14-7-15(28)3-4-19(14)29/h3-9,11-12,32H,10H2,1-2H3,(H,33,34). The van der Waals surface area contributed by atoms with Gasteiger partial charge in [-0.25, -0.2) is 27.5 Å². The van der Waals surface area contributed by atoms with E-state index in [1.54, 1.807) is 6.07 Å². The highest BCUT2D eigenvalue weighted by atomic mass is 19.1. The lowest BCUT2D eigenvalue weighted by molar-refractivity contribution is 0.103. The van der Waals surface area contributed by atoms with E-state index in [-0.39, 0.29) is 40.6 Å². The Labute approximate surface area is 218 Å². The Bertz CT molecular complexity index is 1720. The van der Waals surface area contributed by atoms with E-state index >= 15 is 4.39 Å². The number of carbonyl (C=O) groups excluding carboxylic acids is 1. The molecular formula is C27H19F4N5O3. The van der Waals surface area contributed by atoms with E-state index in [0.717, 1.165) is 30.3 Å². The van der Waals surface area contributed by atoms with E-state index in [9.17, 15) is 18.0 Å². The lowest BCUT2D eigenvalue weighted by atomic mass is 10.00. The molecule has 0 unspecified atom stereocenters. The molecule has 5 aromatic rings. The number of nitrogens with zero attached hydrogens (tertiary/aromatic N) is 3. The molecule has 0 saturated heterocycles. The molecule has 5 rings (SSSR count). The van der Waals surface area contributed by atoms with Gasteiger partial charge in [-0.15, -0.1) is 0 Å². The maximum atomic E-state index is 15.4. The molecule has 198 valence electrons. The van der Waals surface area contributed by atoms with Crippen LogP contribution >= 0.6 is 0 Å². The van der Waals surface area contributed by atoms with Crippen LogP contribution in [0.5, 0.6) is 11.9 Å². The Morgan fingerprint density at radius 2 is 1.77 bits per heavy atom. The van der Waals surface area contributed by atoms with Gasteiger partial charge in [-0.05, 0) is 36.4 Å². The number of aromatic nitrogens is 4. The fraction of sp³-hybridized carbons (Fsp3) is 0.111. The molecule has 0 atom stereocenters. The molecule has 0 bridgehead atoms. The smallest absolute Gasteiger partial charge is 0.319 e. The van der Waals surface area contributed by atoms with Crippen LogP contribution in [0, 0.1) is 23.3 Å². The molecule has 8 nitrogen and oxygen atoms in total. The Morgan fingerprint density at radius 3 is 2.54 bits per heavy atom. The topological polar surface area (TPSA) is 102 Å². The van der Waals surface area contributed by atoms with Crippen molar-refractivity contribution < 1.29 is 31.8 Å². The second kappa shape index (κ2) is 10.4. The molecule has 0 fully saturated rings. The average molecular weight is 537 g/mol. The minimum atomic E-state index is -1.18. The second-order valence-electron chi connectivity index (χ2n) is 8.30. The van der Waals surface area contributed by atoms with Gasteiger partial charge in [0.1, 0.15) is 23.1 Å². The van der Waals surface area contributed by atoms with Crippen LogP contribution in [0.25, 0.3) is 22.2 Å². The molecule has 0 amide bonds. The number of ketones is 1. The molecule has 0 radical (unpaired) electrons. The molecule has 0 aliphatic heterocycles. The molecule has 0 aliphatic carbocycles. The normalized spacial score (nSPS) is 11.0. The lowest BCUT2D eigenvalue weighted by Crippen LogP contribution is -2.11. The summed E-state index contributed by atoms with van der Waals surface area (Å²) in [6, 6.07) is 6.51.